The van der Waals surface area contributed by atoms with E-state index < -0.39 is 5.41 Å². The maximum atomic E-state index is 6.85. The average Bonchev–Trinajstić information content (AvgIpc) is 3.73. The Kier molecular flexibility index (Phi) is 6.01. The normalized spacial score (nSPS) is 15.3. The quantitative estimate of drug-likeness (QED) is 0.187. The molecule has 5 heteroatoms. The van der Waals surface area contributed by atoms with Gasteiger partial charge in [-0.2, -0.15) is 0 Å². The number of aromatic nitrogens is 3. The SMILES string of the molecule is c1ccc(-c2nc(-c3cc4c5c(c3)-c3ccccc3C5(c3ccccc3)c3ccccc3O4)nc(-c3ccc4sc5ccccc5c4c3)n2)cc1. The van der Waals surface area contributed by atoms with Crippen LogP contribution in [-0.2, 0) is 5.41 Å². The predicted octanol–water partition coefficient (Wildman–Crippen LogP) is 11.7. The van der Waals surface area contributed by atoms with Crippen molar-refractivity contribution in [3.63, 3.8) is 0 Å². The maximum absolute atomic E-state index is 6.85. The van der Waals surface area contributed by atoms with E-state index in [1.54, 1.807) is 0 Å². The van der Waals surface area contributed by atoms with E-state index in [2.05, 4.69) is 140 Å². The highest BCUT2D eigenvalue weighted by molar-refractivity contribution is 7.25. The molecular formula is C46H27N3OS. The van der Waals surface area contributed by atoms with Crippen LogP contribution in [0.4, 0.5) is 0 Å². The molecule has 0 fully saturated rings. The van der Waals surface area contributed by atoms with Crippen LogP contribution in [0.1, 0.15) is 22.3 Å². The summed E-state index contributed by atoms with van der Waals surface area (Å²) in [5.41, 5.74) is 9.33. The highest BCUT2D eigenvalue weighted by Crippen LogP contribution is 2.63. The number of thiophene rings is 1. The third-order valence-electron chi connectivity index (χ3n) is 10.4. The first-order valence-corrected chi connectivity index (χ1v) is 17.9. The van der Waals surface area contributed by atoms with Gasteiger partial charge in [-0.1, -0.05) is 121 Å². The molecule has 51 heavy (non-hydrogen) atoms. The first kappa shape index (κ1) is 28.4. The zero-order chi connectivity index (χ0) is 33.5. The van der Waals surface area contributed by atoms with Gasteiger partial charge in [-0.05, 0) is 64.7 Å². The number of benzene rings is 7. The lowest BCUT2D eigenvalue weighted by Crippen LogP contribution is -2.31. The molecule has 0 saturated heterocycles. The first-order valence-electron chi connectivity index (χ1n) is 17.1. The Hall–Kier alpha value is -6.43. The van der Waals surface area contributed by atoms with E-state index in [1.165, 1.54) is 36.9 Å². The fourth-order valence-electron chi connectivity index (χ4n) is 8.23. The first-order chi connectivity index (χ1) is 25.3. The number of nitrogens with zero attached hydrogens (tertiary/aromatic N) is 3. The molecular weight excluding hydrogens is 643 g/mol. The molecule has 9 aromatic rings. The van der Waals surface area contributed by atoms with Crippen LogP contribution in [0.5, 0.6) is 11.5 Å². The van der Waals surface area contributed by atoms with Gasteiger partial charge in [0.1, 0.15) is 11.5 Å². The summed E-state index contributed by atoms with van der Waals surface area (Å²) >= 11 is 1.81. The smallest absolute Gasteiger partial charge is 0.164 e. The van der Waals surface area contributed by atoms with E-state index in [1.807, 2.05) is 35.6 Å². The molecule has 0 spiro atoms. The van der Waals surface area contributed by atoms with Gasteiger partial charge in [0.15, 0.2) is 17.5 Å². The average molecular weight is 670 g/mol. The summed E-state index contributed by atoms with van der Waals surface area (Å²) in [5, 5.41) is 2.45. The molecule has 2 aliphatic rings. The summed E-state index contributed by atoms with van der Waals surface area (Å²) in [6, 6.07) is 57.7. The van der Waals surface area contributed by atoms with Gasteiger partial charge in [-0.25, -0.2) is 15.0 Å². The van der Waals surface area contributed by atoms with Gasteiger partial charge >= 0.3 is 0 Å². The number of hydrogen-bond donors (Lipinski definition) is 0. The van der Waals surface area contributed by atoms with E-state index in [-0.39, 0.29) is 0 Å². The van der Waals surface area contributed by atoms with Crippen LogP contribution in [0, 0.1) is 0 Å². The summed E-state index contributed by atoms with van der Waals surface area (Å²) in [7, 11) is 0. The van der Waals surface area contributed by atoms with Crippen molar-refractivity contribution in [2.75, 3.05) is 0 Å². The molecule has 0 bridgehead atoms. The van der Waals surface area contributed by atoms with E-state index in [4.69, 9.17) is 19.7 Å². The molecule has 1 atom stereocenters. The molecule has 0 radical (unpaired) electrons. The molecule has 7 aromatic carbocycles. The number of rotatable bonds is 4. The molecule has 1 unspecified atom stereocenters. The molecule has 238 valence electrons. The van der Waals surface area contributed by atoms with Crippen LogP contribution in [-0.4, -0.2) is 15.0 Å². The number of ether oxygens (including phenoxy) is 1. The van der Waals surface area contributed by atoms with E-state index in [9.17, 15) is 0 Å². The molecule has 3 heterocycles. The van der Waals surface area contributed by atoms with Crippen LogP contribution in [0.2, 0.25) is 0 Å². The Morgan fingerprint density at radius 2 is 1.08 bits per heavy atom. The fraction of sp³-hybridized carbons (Fsp3) is 0.0217. The largest absolute Gasteiger partial charge is 0.457 e. The number of hydrogen-bond acceptors (Lipinski definition) is 5. The second-order valence-corrected chi connectivity index (χ2v) is 14.2. The van der Waals surface area contributed by atoms with Gasteiger partial charge in [-0.3, -0.25) is 0 Å². The van der Waals surface area contributed by atoms with Gasteiger partial charge in [0, 0.05) is 48.0 Å². The monoisotopic (exact) mass is 669 g/mol. The van der Waals surface area contributed by atoms with Crippen LogP contribution in [0.25, 0.3) is 65.5 Å². The third-order valence-corrected chi connectivity index (χ3v) is 11.5. The van der Waals surface area contributed by atoms with E-state index in [0.29, 0.717) is 17.5 Å². The molecule has 1 aliphatic heterocycles. The van der Waals surface area contributed by atoms with Gasteiger partial charge in [0.2, 0.25) is 0 Å². The Morgan fingerprint density at radius 1 is 0.431 bits per heavy atom. The third kappa shape index (κ3) is 4.10. The minimum Gasteiger partial charge on any atom is -0.457 e. The van der Waals surface area contributed by atoms with Crippen LogP contribution in [0.3, 0.4) is 0 Å². The summed E-state index contributed by atoms with van der Waals surface area (Å²) in [6.07, 6.45) is 0. The van der Waals surface area contributed by atoms with Gasteiger partial charge in [0.25, 0.3) is 0 Å². The molecule has 0 amide bonds. The minimum absolute atomic E-state index is 0.520. The summed E-state index contributed by atoms with van der Waals surface area (Å²) < 4.78 is 9.36. The summed E-state index contributed by atoms with van der Waals surface area (Å²) in [5.74, 6) is 3.54. The van der Waals surface area contributed by atoms with Gasteiger partial charge < -0.3 is 4.74 Å². The lowest BCUT2D eigenvalue weighted by Gasteiger charge is -2.39. The molecule has 0 saturated carbocycles. The number of fused-ring (bicyclic) bond motifs is 8. The van der Waals surface area contributed by atoms with Gasteiger partial charge in [0.05, 0.1) is 5.41 Å². The highest BCUT2D eigenvalue weighted by atomic mass is 32.1. The zero-order valence-electron chi connectivity index (χ0n) is 27.2. The van der Waals surface area contributed by atoms with Crippen molar-refractivity contribution in [1.82, 2.24) is 15.0 Å². The standard InChI is InChI=1S/C46H27N3OS/c1-3-13-28(14-4-1)43-47-44(29-23-24-41-34(25-29)33-18-8-12-22-40(33)51-41)49-45(48-43)30-26-35-32-17-7-9-19-36(32)46(31-15-5-2-6-16-31)37-20-10-11-21-38(37)50-39(27-30)42(35)46/h1-27H. The van der Waals surface area contributed by atoms with Crippen molar-refractivity contribution in [2.45, 2.75) is 5.41 Å². The molecule has 1 aliphatic carbocycles. The topological polar surface area (TPSA) is 47.9 Å². The lowest BCUT2D eigenvalue weighted by molar-refractivity contribution is 0.438. The van der Waals surface area contributed by atoms with Crippen molar-refractivity contribution >= 4 is 31.5 Å². The Morgan fingerprint density at radius 3 is 1.92 bits per heavy atom. The second kappa shape index (κ2) is 10.8. The van der Waals surface area contributed by atoms with Crippen LogP contribution < -0.4 is 4.74 Å². The Balaban J connectivity index is 1.17. The maximum Gasteiger partial charge on any atom is 0.164 e. The summed E-state index contributed by atoms with van der Waals surface area (Å²) in [6.45, 7) is 0. The van der Waals surface area contributed by atoms with E-state index in [0.717, 1.165) is 44.9 Å². The molecule has 11 rings (SSSR count). The van der Waals surface area contributed by atoms with Crippen molar-refractivity contribution < 1.29 is 4.74 Å². The zero-order valence-corrected chi connectivity index (χ0v) is 28.1. The van der Waals surface area contributed by atoms with Gasteiger partial charge in [-0.15, -0.1) is 11.3 Å². The Labute approximate surface area is 298 Å². The molecule has 4 nitrogen and oxygen atoms in total. The fourth-order valence-corrected chi connectivity index (χ4v) is 9.31. The second-order valence-electron chi connectivity index (χ2n) is 13.1. The Bertz CT molecular complexity index is 2850. The van der Waals surface area contributed by atoms with Crippen molar-refractivity contribution in [1.29, 1.82) is 0 Å². The molecule has 0 N–H and O–H groups in total. The lowest BCUT2D eigenvalue weighted by atomic mass is 9.66. The van der Waals surface area contributed by atoms with E-state index >= 15 is 0 Å². The highest BCUT2D eigenvalue weighted by Gasteiger charge is 2.51. The number of para-hydroxylation sites is 1. The molecule has 2 aromatic heterocycles. The van der Waals surface area contributed by atoms with Crippen molar-refractivity contribution in [3.05, 3.63) is 186 Å². The van der Waals surface area contributed by atoms with Crippen molar-refractivity contribution in [2.24, 2.45) is 0 Å². The van der Waals surface area contributed by atoms with Crippen LogP contribution >= 0.6 is 11.3 Å². The predicted molar refractivity (Wildman–Crippen MR) is 206 cm³/mol. The van der Waals surface area contributed by atoms with Crippen LogP contribution in [0.15, 0.2) is 164 Å². The van der Waals surface area contributed by atoms with Crippen molar-refractivity contribution in [3.8, 4) is 56.8 Å². The summed E-state index contributed by atoms with van der Waals surface area (Å²) in [4.78, 5) is 15.4. The minimum atomic E-state index is -0.520.